The van der Waals surface area contributed by atoms with Gasteiger partial charge in [0.15, 0.2) is 0 Å². The minimum absolute atomic E-state index is 0.747. The van der Waals surface area contributed by atoms with Crippen LogP contribution in [0, 0.1) is 0 Å². The van der Waals surface area contributed by atoms with Crippen molar-refractivity contribution in [1.82, 2.24) is 0 Å². The van der Waals surface area contributed by atoms with E-state index in [1.54, 1.807) is 4.67 Å². The summed E-state index contributed by atoms with van der Waals surface area (Å²) in [6, 6.07) is 18.7. The first-order valence-electron chi connectivity index (χ1n) is 5.14. The Bertz CT molecular complexity index is 475. The number of para-hydroxylation sites is 2. The van der Waals surface area contributed by atoms with E-state index >= 15 is 0 Å². The van der Waals surface area contributed by atoms with E-state index in [9.17, 15) is 0 Å². The molecule has 0 saturated carbocycles. The zero-order chi connectivity index (χ0) is 13.3. The van der Waals surface area contributed by atoms with Crippen LogP contribution in [-0.4, -0.2) is 0 Å². The third-order valence-corrected chi connectivity index (χ3v) is 5.18. The van der Waals surface area contributed by atoms with Gasteiger partial charge in [-0.05, 0) is 0 Å². The first-order chi connectivity index (χ1) is 8.35. The Morgan fingerprint density at radius 1 is 0.611 bits per heavy atom. The molecule has 0 aliphatic heterocycles. The van der Waals surface area contributed by atoms with E-state index in [0.717, 1.165) is 11.4 Å². The van der Waals surface area contributed by atoms with Gasteiger partial charge in [0.25, 0.3) is 0 Å². The van der Waals surface area contributed by atoms with Gasteiger partial charge < -0.3 is 0 Å². The van der Waals surface area contributed by atoms with Gasteiger partial charge in [0.1, 0.15) is 0 Å². The molecule has 0 atom stereocenters. The second-order valence-corrected chi connectivity index (χ2v) is 16.5. The quantitative estimate of drug-likeness (QED) is 0.549. The maximum absolute atomic E-state index is 6.18. The number of halogens is 4. The van der Waals surface area contributed by atoms with Crippen LogP contribution < -0.4 is 4.67 Å². The van der Waals surface area contributed by atoms with Crippen molar-refractivity contribution in [1.29, 1.82) is 0 Å². The third-order valence-electron chi connectivity index (χ3n) is 2.30. The van der Waals surface area contributed by atoms with Gasteiger partial charge in [-0.1, -0.05) is 0 Å². The van der Waals surface area contributed by atoms with Gasteiger partial charge in [-0.15, -0.1) is 0 Å². The number of hydrogen-bond acceptors (Lipinski definition) is 1. The van der Waals surface area contributed by atoms with Crippen LogP contribution in [0.5, 0.6) is 0 Å². The fraction of sp³-hybridized carbons (Fsp3) is 0. The average Bonchev–Trinajstić information content (AvgIpc) is 2.29. The number of rotatable bonds is 3. The summed E-state index contributed by atoms with van der Waals surface area (Å²) in [5.41, 5.74) is 1.49. The molecule has 0 fully saturated rings. The molecule has 0 N–H and O–H groups in total. The zero-order valence-corrected chi connectivity index (χ0v) is 13.1. The molecular weight excluding hydrogens is 331 g/mol. The Labute approximate surface area is 125 Å². The van der Waals surface area contributed by atoms with Crippen molar-refractivity contribution >= 4 is 60.5 Å². The first kappa shape index (κ1) is 14.2. The average molecular weight is 341 g/mol. The van der Waals surface area contributed by atoms with Gasteiger partial charge in [0.05, 0.1) is 0 Å². The van der Waals surface area contributed by atoms with Gasteiger partial charge in [0, 0.05) is 0 Å². The van der Waals surface area contributed by atoms with Crippen LogP contribution >= 0.6 is 49.1 Å². The Hall–Kier alpha value is -0.170. The molecule has 6 heteroatoms. The number of hydrogen-bond donors (Lipinski definition) is 0. The summed E-state index contributed by atoms with van der Waals surface area (Å²) in [6.45, 7) is 0. The summed E-state index contributed by atoms with van der Waals surface area (Å²) in [6.07, 6.45) is 0. The summed E-state index contributed by atoms with van der Waals surface area (Å²) in [7, 11) is 0. The molecule has 0 spiro atoms. The van der Waals surface area contributed by atoms with Crippen LogP contribution in [0.3, 0.4) is 0 Å². The molecule has 2 rings (SSSR count). The van der Waals surface area contributed by atoms with E-state index in [4.69, 9.17) is 45.0 Å². The molecule has 0 radical (unpaired) electrons. The summed E-state index contributed by atoms with van der Waals surface area (Å²) < 4.78 is -2.45. The minimum atomic E-state index is -4.02. The molecule has 0 saturated heterocycles. The monoisotopic (exact) mass is 339 g/mol. The SMILES string of the molecule is ClP(Cl)(Cl)(Cl)N(c1ccccc1)c1ccccc1. The van der Waals surface area contributed by atoms with Crippen LogP contribution in [0.4, 0.5) is 11.4 Å². The van der Waals surface area contributed by atoms with Gasteiger partial charge in [0.2, 0.25) is 0 Å². The Balaban J connectivity index is 2.57. The number of anilines is 2. The van der Waals surface area contributed by atoms with Crippen molar-refractivity contribution in [3.63, 3.8) is 0 Å². The molecule has 0 bridgehead atoms. The summed E-state index contributed by atoms with van der Waals surface area (Å²) in [5, 5.41) is 0. The van der Waals surface area contributed by atoms with Crippen molar-refractivity contribution in [2.24, 2.45) is 0 Å². The summed E-state index contributed by atoms with van der Waals surface area (Å²) in [4.78, 5) is 0. The number of benzene rings is 2. The normalized spacial score (nSPS) is 13.7. The van der Waals surface area contributed by atoms with E-state index < -0.39 is 4.16 Å². The standard InChI is InChI=1S/C12H10Cl4NP/c13-18(14,15,16)17(11-7-3-1-4-8-11)12-9-5-2-6-10-12/h1-10H. The van der Waals surface area contributed by atoms with E-state index in [0.29, 0.717) is 0 Å². The fourth-order valence-corrected chi connectivity index (χ4v) is 4.70. The predicted molar refractivity (Wildman–Crippen MR) is 85.4 cm³/mol. The first-order valence-corrected chi connectivity index (χ1v) is 11.0. The van der Waals surface area contributed by atoms with Crippen molar-refractivity contribution in [3.8, 4) is 0 Å². The van der Waals surface area contributed by atoms with Crippen molar-refractivity contribution in [2.45, 2.75) is 0 Å². The van der Waals surface area contributed by atoms with Crippen molar-refractivity contribution in [2.75, 3.05) is 4.67 Å². The Morgan fingerprint density at radius 2 is 0.944 bits per heavy atom. The fourth-order valence-electron chi connectivity index (χ4n) is 1.64. The molecule has 1 nitrogen and oxygen atoms in total. The Kier molecular flexibility index (Phi) is 4.02. The molecule has 0 unspecified atom stereocenters. The molecule has 2 aromatic rings. The van der Waals surface area contributed by atoms with E-state index in [2.05, 4.69) is 0 Å². The second kappa shape index (κ2) is 5.07. The van der Waals surface area contributed by atoms with Gasteiger partial charge >= 0.3 is 126 Å². The topological polar surface area (TPSA) is 3.24 Å². The third kappa shape index (κ3) is 3.44. The van der Waals surface area contributed by atoms with Gasteiger partial charge in [-0.25, -0.2) is 0 Å². The summed E-state index contributed by atoms with van der Waals surface area (Å²) >= 11 is 24.7. The molecule has 0 heterocycles. The molecule has 0 aliphatic rings. The zero-order valence-electron chi connectivity index (χ0n) is 9.18. The molecular formula is C12H10Cl4NP. The van der Waals surface area contributed by atoms with Crippen LogP contribution in [0.15, 0.2) is 60.7 Å². The second-order valence-electron chi connectivity index (χ2n) is 3.67. The molecule has 0 aliphatic carbocycles. The van der Waals surface area contributed by atoms with E-state index in [-0.39, 0.29) is 0 Å². The van der Waals surface area contributed by atoms with Crippen LogP contribution in [-0.2, 0) is 0 Å². The van der Waals surface area contributed by atoms with E-state index in [1.165, 1.54) is 0 Å². The van der Waals surface area contributed by atoms with Crippen LogP contribution in [0.25, 0.3) is 0 Å². The molecule has 2 aromatic carbocycles. The van der Waals surface area contributed by atoms with Crippen LogP contribution in [0.2, 0.25) is 0 Å². The molecule has 0 aromatic heterocycles. The molecule has 18 heavy (non-hydrogen) atoms. The van der Waals surface area contributed by atoms with Crippen LogP contribution in [0.1, 0.15) is 0 Å². The maximum atomic E-state index is 6.18. The van der Waals surface area contributed by atoms with Crippen molar-refractivity contribution < 1.29 is 0 Å². The predicted octanol–water partition coefficient (Wildman–Crippen LogP) is 6.91. The van der Waals surface area contributed by atoms with Gasteiger partial charge in [-0.3, -0.25) is 0 Å². The van der Waals surface area contributed by atoms with Gasteiger partial charge in [-0.2, -0.15) is 0 Å². The molecule has 0 amide bonds. The van der Waals surface area contributed by atoms with E-state index in [1.807, 2.05) is 60.7 Å². The van der Waals surface area contributed by atoms with Crippen molar-refractivity contribution in [3.05, 3.63) is 60.7 Å². The summed E-state index contributed by atoms with van der Waals surface area (Å²) in [5.74, 6) is 0. The Morgan fingerprint density at radius 3 is 1.22 bits per heavy atom. The molecule has 96 valence electrons. The number of nitrogens with zero attached hydrogens (tertiary/aromatic N) is 1.